The minimum atomic E-state index is 1.33. The fraction of sp³-hybridized carbons (Fsp3) is 0.200. The van der Waals surface area contributed by atoms with E-state index in [0.29, 0.717) is 0 Å². The van der Waals surface area contributed by atoms with Crippen LogP contribution in [0.2, 0.25) is 0 Å². The summed E-state index contributed by atoms with van der Waals surface area (Å²) in [6, 6.07) is 8.48. The van der Waals surface area contributed by atoms with Crippen LogP contribution in [0, 0.1) is 13.8 Å². The fourth-order valence-corrected chi connectivity index (χ4v) is 0.637. The summed E-state index contributed by atoms with van der Waals surface area (Å²) in [5.41, 5.74) is 2.66. The molecular weight excluding hydrogens is 184 g/mol. The van der Waals surface area contributed by atoms with E-state index in [1.165, 1.54) is 11.1 Å². The van der Waals surface area contributed by atoms with Gasteiger partial charge in [-0.2, -0.15) is 0 Å². The number of hydrogen-bond acceptors (Lipinski definition) is 2. The number of benzene rings is 1. The second kappa shape index (κ2) is 10.4. The normalized spacial score (nSPS) is 6.83. The Morgan fingerprint density at radius 2 is 0.917 bits per heavy atom. The van der Waals surface area contributed by atoms with E-state index in [1.807, 2.05) is 0 Å². The lowest BCUT2D eigenvalue weighted by Crippen LogP contribution is -1.70. The molecule has 0 unspecified atom stereocenters. The fourth-order valence-electron chi connectivity index (χ4n) is 0.637. The molecule has 2 heteroatoms. The van der Waals surface area contributed by atoms with Gasteiger partial charge in [0.05, 0.1) is 0 Å². The molecule has 0 atom stereocenters. The maximum atomic E-state index is 3.83. The van der Waals surface area contributed by atoms with Gasteiger partial charge in [-0.25, -0.2) is 0 Å². The Hall–Kier alpha value is -0.600. The van der Waals surface area contributed by atoms with E-state index >= 15 is 0 Å². The van der Waals surface area contributed by atoms with Crippen molar-refractivity contribution in [3.05, 3.63) is 35.4 Å². The van der Waals surface area contributed by atoms with E-state index in [4.69, 9.17) is 0 Å². The largest absolute Gasteiger partial charge is 0.0973 e. The van der Waals surface area contributed by atoms with Gasteiger partial charge in [0.2, 0.25) is 0 Å². The molecule has 0 spiro atoms. The topological polar surface area (TPSA) is 0 Å². The van der Waals surface area contributed by atoms with Crippen molar-refractivity contribution in [1.82, 2.24) is 0 Å². The third-order valence-corrected chi connectivity index (χ3v) is 1.22. The van der Waals surface area contributed by atoms with Gasteiger partial charge in [0.15, 0.2) is 0 Å². The van der Waals surface area contributed by atoms with Crippen LogP contribution in [0.3, 0.4) is 0 Å². The van der Waals surface area contributed by atoms with Gasteiger partial charge in [-0.05, 0) is 25.6 Å². The van der Waals surface area contributed by atoms with E-state index in [1.54, 1.807) is 0 Å². The predicted octanol–water partition coefficient (Wildman–Crippen LogP) is 3.54. The van der Waals surface area contributed by atoms with Crippen LogP contribution < -0.4 is 0 Å². The summed E-state index contributed by atoms with van der Waals surface area (Å²) >= 11 is 7.67. The first kappa shape index (κ1) is 14.0. The maximum Gasteiger partial charge on any atom is -0.0351 e. The van der Waals surface area contributed by atoms with Crippen molar-refractivity contribution in [2.24, 2.45) is 0 Å². The molecule has 1 aromatic carbocycles. The first-order valence-electron chi connectivity index (χ1n) is 3.40. The lowest BCUT2D eigenvalue weighted by molar-refractivity contribution is 1.40. The molecule has 66 valence electrons. The molecule has 0 aliphatic rings. The molecule has 0 fully saturated rings. The number of rotatable bonds is 0. The highest BCUT2D eigenvalue weighted by Crippen LogP contribution is 1.99. The van der Waals surface area contributed by atoms with Crippen LogP contribution in [-0.2, 0) is 0 Å². The first-order valence-corrected chi connectivity index (χ1v) is 4.55. The summed E-state index contributed by atoms with van der Waals surface area (Å²) in [5, 5.41) is 0. The number of hydrogen-bond donors (Lipinski definition) is 0. The Labute approximate surface area is 85.6 Å². The average Bonchev–Trinajstić information content (AvgIpc) is 2.17. The van der Waals surface area contributed by atoms with Crippen molar-refractivity contribution < 1.29 is 0 Å². The highest BCUT2D eigenvalue weighted by molar-refractivity contribution is 7.77. The van der Waals surface area contributed by atoms with Gasteiger partial charge in [0.25, 0.3) is 0 Å². The smallest absolute Gasteiger partial charge is 0.0351 e. The van der Waals surface area contributed by atoms with Gasteiger partial charge in [0.1, 0.15) is 0 Å². The van der Waals surface area contributed by atoms with E-state index in [2.05, 4.69) is 74.3 Å². The zero-order chi connectivity index (χ0) is 9.98. The van der Waals surface area contributed by atoms with E-state index in [-0.39, 0.29) is 0 Å². The Bertz CT molecular complexity index is 168. The molecule has 0 aromatic heterocycles. The molecule has 1 aromatic rings. The molecule has 0 saturated carbocycles. The monoisotopic (exact) mass is 198 g/mol. The summed E-state index contributed by atoms with van der Waals surface area (Å²) in [5.74, 6) is 5.67. The summed E-state index contributed by atoms with van der Waals surface area (Å²) in [7, 11) is 0. The van der Waals surface area contributed by atoms with Crippen molar-refractivity contribution >= 4 is 36.2 Å². The Balaban J connectivity index is 0. The van der Waals surface area contributed by atoms with Crippen LogP contribution in [0.5, 0.6) is 0 Å². The third-order valence-electron chi connectivity index (χ3n) is 1.22. The summed E-state index contributed by atoms with van der Waals surface area (Å²) in [6.07, 6.45) is 0. The molecule has 0 nitrogen and oxygen atoms in total. The minimum absolute atomic E-state index is 1.33. The molecule has 0 heterocycles. The van der Waals surface area contributed by atoms with Gasteiger partial charge in [-0.1, -0.05) is 59.8 Å². The molecule has 0 saturated heterocycles. The molecular formula is C10H14S2. The van der Waals surface area contributed by atoms with Crippen LogP contribution in [0.1, 0.15) is 11.1 Å². The molecule has 0 bridgehead atoms. The maximum absolute atomic E-state index is 3.83. The minimum Gasteiger partial charge on any atom is -0.0973 e. The summed E-state index contributed by atoms with van der Waals surface area (Å²) < 4.78 is 0. The SMILES string of the molecule is C=S.C=S.Cc1ccc(C)cc1. The molecule has 0 radical (unpaired) electrons. The summed E-state index contributed by atoms with van der Waals surface area (Å²) in [6.45, 7) is 4.19. The lowest BCUT2D eigenvalue weighted by atomic mass is 10.2. The Morgan fingerprint density at radius 1 is 0.750 bits per heavy atom. The van der Waals surface area contributed by atoms with Crippen LogP contribution in [0.4, 0.5) is 0 Å². The van der Waals surface area contributed by atoms with Crippen molar-refractivity contribution in [3.63, 3.8) is 0 Å². The van der Waals surface area contributed by atoms with Crippen molar-refractivity contribution in [1.29, 1.82) is 0 Å². The average molecular weight is 198 g/mol. The van der Waals surface area contributed by atoms with Gasteiger partial charge >= 0.3 is 0 Å². The zero-order valence-corrected chi connectivity index (χ0v) is 9.17. The Morgan fingerprint density at radius 3 is 1.08 bits per heavy atom. The van der Waals surface area contributed by atoms with E-state index in [9.17, 15) is 0 Å². The molecule has 0 aliphatic carbocycles. The van der Waals surface area contributed by atoms with Crippen molar-refractivity contribution in [2.45, 2.75) is 13.8 Å². The third kappa shape index (κ3) is 7.51. The highest BCUT2D eigenvalue weighted by atomic mass is 32.1. The van der Waals surface area contributed by atoms with Gasteiger partial charge in [-0.15, -0.1) is 0 Å². The second-order valence-corrected chi connectivity index (χ2v) is 2.15. The van der Waals surface area contributed by atoms with Crippen LogP contribution >= 0.6 is 24.4 Å². The standard InChI is InChI=1S/C8H10.2CH2S/c1-7-3-5-8(2)6-4-7;2*1-2/h3-6H,1-2H3;2*1H2. The van der Waals surface area contributed by atoms with E-state index < -0.39 is 0 Å². The molecule has 12 heavy (non-hydrogen) atoms. The molecule has 1 rings (SSSR count). The zero-order valence-electron chi connectivity index (χ0n) is 7.54. The van der Waals surface area contributed by atoms with E-state index in [0.717, 1.165) is 0 Å². The van der Waals surface area contributed by atoms with Gasteiger partial charge in [0, 0.05) is 0 Å². The van der Waals surface area contributed by atoms with Gasteiger partial charge < -0.3 is 0 Å². The van der Waals surface area contributed by atoms with Crippen LogP contribution in [-0.4, -0.2) is 11.7 Å². The van der Waals surface area contributed by atoms with Crippen LogP contribution in [0.25, 0.3) is 0 Å². The van der Waals surface area contributed by atoms with Crippen molar-refractivity contribution in [2.75, 3.05) is 0 Å². The van der Waals surface area contributed by atoms with Crippen LogP contribution in [0.15, 0.2) is 24.3 Å². The number of thiocarbonyl (C=S) groups is 2. The number of aryl methyl sites for hydroxylation is 2. The highest BCUT2D eigenvalue weighted by Gasteiger charge is 1.79. The lowest BCUT2D eigenvalue weighted by Gasteiger charge is -1.90. The quantitative estimate of drug-likeness (QED) is 0.585. The molecule has 0 N–H and O–H groups in total. The van der Waals surface area contributed by atoms with Crippen molar-refractivity contribution in [3.8, 4) is 0 Å². The first-order chi connectivity index (χ1) is 5.79. The predicted molar refractivity (Wildman–Crippen MR) is 65.3 cm³/mol. The molecule has 0 aliphatic heterocycles. The Kier molecular flexibility index (Phi) is 12.1. The summed E-state index contributed by atoms with van der Waals surface area (Å²) in [4.78, 5) is 0. The van der Waals surface area contributed by atoms with Gasteiger partial charge in [-0.3, -0.25) is 0 Å². The molecule has 0 amide bonds. The second-order valence-electron chi connectivity index (χ2n) is 2.15.